The minimum Gasteiger partial charge on any atom is -0.444 e. The molecule has 0 aromatic heterocycles. The van der Waals surface area contributed by atoms with E-state index in [2.05, 4.69) is 27.8 Å². The molecule has 1 rings (SSSR count). The van der Waals surface area contributed by atoms with Crippen LogP contribution < -0.4 is 5.32 Å². The van der Waals surface area contributed by atoms with Crippen LogP contribution in [0.15, 0.2) is 24.8 Å². The summed E-state index contributed by atoms with van der Waals surface area (Å²) in [4.78, 5) is 11.7. The second-order valence-electron chi connectivity index (χ2n) is 5.39. The van der Waals surface area contributed by atoms with Crippen molar-refractivity contribution in [1.29, 1.82) is 0 Å². The number of anilines is 1. The maximum atomic E-state index is 11.7. The zero-order valence-electron chi connectivity index (χ0n) is 11.8. The molecule has 1 N–H and O–H groups in total. The topological polar surface area (TPSA) is 38.3 Å². The van der Waals surface area contributed by atoms with E-state index in [0.29, 0.717) is 0 Å². The first-order chi connectivity index (χ1) is 8.73. The summed E-state index contributed by atoms with van der Waals surface area (Å²) >= 11 is 3.38. The van der Waals surface area contributed by atoms with Crippen LogP contribution in [0.25, 0.3) is 5.57 Å². The number of allylic oxidation sites excluding steroid dienone is 1. The average Bonchev–Trinajstić information content (AvgIpc) is 2.28. The highest BCUT2D eigenvalue weighted by Gasteiger charge is 2.16. The van der Waals surface area contributed by atoms with E-state index in [1.54, 1.807) is 0 Å². The highest BCUT2D eigenvalue weighted by molar-refractivity contribution is 9.09. The molecule has 0 aliphatic carbocycles. The van der Waals surface area contributed by atoms with E-state index in [1.807, 2.05) is 45.9 Å². The maximum Gasteiger partial charge on any atom is 0.412 e. The number of benzene rings is 1. The van der Waals surface area contributed by atoms with E-state index < -0.39 is 11.7 Å². The highest BCUT2D eigenvalue weighted by atomic mass is 79.9. The van der Waals surface area contributed by atoms with Gasteiger partial charge in [0.05, 0.1) is 0 Å². The number of carbonyl (C=O) groups excluding carboxylic acids is 1. The average molecular weight is 326 g/mol. The van der Waals surface area contributed by atoms with Crippen LogP contribution in [0, 0.1) is 6.92 Å². The summed E-state index contributed by atoms with van der Waals surface area (Å²) in [7, 11) is 0. The first-order valence-corrected chi connectivity index (χ1v) is 7.20. The molecule has 1 aromatic carbocycles. The molecule has 0 fully saturated rings. The predicted molar refractivity (Wildman–Crippen MR) is 83.9 cm³/mol. The fourth-order valence-corrected chi connectivity index (χ4v) is 1.84. The van der Waals surface area contributed by atoms with Gasteiger partial charge in [-0.1, -0.05) is 28.6 Å². The lowest BCUT2D eigenvalue weighted by Crippen LogP contribution is -2.27. The number of ether oxygens (including phenoxy) is 1. The van der Waals surface area contributed by atoms with Crippen LogP contribution in [-0.4, -0.2) is 17.0 Å². The van der Waals surface area contributed by atoms with Crippen LogP contribution >= 0.6 is 15.9 Å². The minimum absolute atomic E-state index is 0.442. The van der Waals surface area contributed by atoms with Crippen LogP contribution in [-0.2, 0) is 4.74 Å². The van der Waals surface area contributed by atoms with Gasteiger partial charge in [0, 0.05) is 11.0 Å². The van der Waals surface area contributed by atoms with Crippen LogP contribution in [0.5, 0.6) is 0 Å². The Balaban J connectivity index is 2.81. The molecule has 0 aliphatic heterocycles. The molecular weight excluding hydrogens is 306 g/mol. The SMILES string of the molecule is C=C(CBr)c1ccc(NC(=O)OC(C)(C)C)c(C)c1. The van der Waals surface area contributed by atoms with Crippen LogP contribution in [0.2, 0.25) is 0 Å². The quantitative estimate of drug-likeness (QED) is 0.814. The number of nitrogens with one attached hydrogen (secondary N) is 1. The molecule has 0 unspecified atom stereocenters. The van der Waals surface area contributed by atoms with Crippen LogP contribution in [0.1, 0.15) is 31.9 Å². The Morgan fingerprint density at radius 1 is 1.42 bits per heavy atom. The van der Waals surface area contributed by atoms with Gasteiger partial charge in [-0.05, 0) is 56.5 Å². The summed E-state index contributed by atoms with van der Waals surface area (Å²) in [5.74, 6) is 0. The maximum absolute atomic E-state index is 11.7. The molecule has 104 valence electrons. The Kier molecular flexibility index (Phi) is 5.18. The lowest BCUT2D eigenvalue weighted by Gasteiger charge is -2.20. The van der Waals surface area contributed by atoms with Crippen molar-refractivity contribution in [3.63, 3.8) is 0 Å². The van der Waals surface area contributed by atoms with Gasteiger partial charge >= 0.3 is 6.09 Å². The summed E-state index contributed by atoms with van der Waals surface area (Å²) in [6.07, 6.45) is -0.442. The number of alkyl halides is 1. The molecular formula is C15H20BrNO2. The van der Waals surface area contributed by atoms with Crippen molar-refractivity contribution in [3.05, 3.63) is 35.9 Å². The summed E-state index contributed by atoms with van der Waals surface area (Å²) in [6.45, 7) is 11.4. The summed E-state index contributed by atoms with van der Waals surface area (Å²) in [6, 6.07) is 5.79. The van der Waals surface area contributed by atoms with E-state index in [0.717, 1.165) is 27.7 Å². The summed E-state index contributed by atoms with van der Waals surface area (Å²) in [5, 5.41) is 3.48. The van der Waals surface area contributed by atoms with Gasteiger partial charge in [-0.2, -0.15) is 0 Å². The second-order valence-corrected chi connectivity index (χ2v) is 5.95. The van der Waals surface area contributed by atoms with E-state index in [-0.39, 0.29) is 0 Å². The number of aryl methyl sites for hydroxylation is 1. The Labute approximate surface area is 123 Å². The first-order valence-electron chi connectivity index (χ1n) is 6.07. The normalized spacial score (nSPS) is 11.0. The number of hydrogen-bond acceptors (Lipinski definition) is 2. The zero-order valence-corrected chi connectivity index (χ0v) is 13.4. The number of amides is 1. The van der Waals surface area contributed by atoms with Gasteiger partial charge in [-0.25, -0.2) is 4.79 Å². The molecule has 1 amide bonds. The van der Waals surface area contributed by atoms with Crippen LogP contribution in [0.3, 0.4) is 0 Å². The van der Waals surface area contributed by atoms with Gasteiger partial charge in [0.2, 0.25) is 0 Å². The molecule has 19 heavy (non-hydrogen) atoms. The van der Waals surface area contributed by atoms with Crippen molar-refractivity contribution in [1.82, 2.24) is 0 Å². The molecule has 4 heteroatoms. The fraction of sp³-hybridized carbons (Fsp3) is 0.400. The third-order valence-corrected chi connectivity index (χ3v) is 3.11. The number of carbonyl (C=O) groups is 1. The van der Waals surface area contributed by atoms with Gasteiger partial charge in [-0.15, -0.1) is 0 Å². The molecule has 0 aliphatic rings. The minimum atomic E-state index is -0.498. The molecule has 0 heterocycles. The van der Waals surface area contributed by atoms with Crippen molar-refractivity contribution < 1.29 is 9.53 Å². The van der Waals surface area contributed by atoms with E-state index >= 15 is 0 Å². The van der Waals surface area contributed by atoms with Crippen molar-refractivity contribution in [2.45, 2.75) is 33.3 Å². The van der Waals surface area contributed by atoms with E-state index in [9.17, 15) is 4.79 Å². The second kappa shape index (κ2) is 6.24. The van der Waals surface area contributed by atoms with Gasteiger partial charge in [0.15, 0.2) is 0 Å². The lowest BCUT2D eigenvalue weighted by atomic mass is 10.0. The van der Waals surface area contributed by atoms with Gasteiger partial charge in [-0.3, -0.25) is 5.32 Å². The van der Waals surface area contributed by atoms with Gasteiger partial charge in [0.25, 0.3) is 0 Å². The molecule has 0 atom stereocenters. The monoisotopic (exact) mass is 325 g/mol. The number of rotatable bonds is 3. The van der Waals surface area contributed by atoms with Gasteiger partial charge in [0.1, 0.15) is 5.60 Å². The smallest absolute Gasteiger partial charge is 0.412 e. The predicted octanol–water partition coefficient (Wildman–Crippen LogP) is 4.75. The van der Waals surface area contributed by atoms with Gasteiger partial charge < -0.3 is 4.74 Å². The molecule has 3 nitrogen and oxygen atoms in total. The first kappa shape index (κ1) is 15.8. The Morgan fingerprint density at radius 2 is 2.05 bits per heavy atom. The largest absolute Gasteiger partial charge is 0.444 e. The summed E-state index contributed by atoms with van der Waals surface area (Å²) < 4.78 is 5.22. The van der Waals surface area contributed by atoms with E-state index in [1.165, 1.54) is 0 Å². The molecule has 1 aromatic rings. The third kappa shape index (κ3) is 5.07. The highest BCUT2D eigenvalue weighted by Crippen LogP contribution is 2.22. The standard InChI is InChI=1S/C15H20BrNO2/c1-10-8-12(11(2)9-16)6-7-13(10)17-14(18)19-15(3,4)5/h6-8H,2,9H2,1,3-5H3,(H,17,18). The Morgan fingerprint density at radius 3 is 2.53 bits per heavy atom. The number of hydrogen-bond donors (Lipinski definition) is 1. The van der Waals surface area contributed by atoms with Crippen molar-refractivity contribution in [2.24, 2.45) is 0 Å². The van der Waals surface area contributed by atoms with Crippen molar-refractivity contribution in [2.75, 3.05) is 10.6 Å². The lowest BCUT2D eigenvalue weighted by molar-refractivity contribution is 0.0636. The molecule has 0 saturated heterocycles. The van der Waals surface area contributed by atoms with E-state index in [4.69, 9.17) is 4.74 Å². The molecule has 0 spiro atoms. The fourth-order valence-electron chi connectivity index (χ4n) is 1.51. The molecule has 0 radical (unpaired) electrons. The third-order valence-electron chi connectivity index (χ3n) is 2.43. The Bertz CT molecular complexity index is 489. The number of halogens is 1. The summed E-state index contributed by atoms with van der Waals surface area (Å²) in [5.41, 5.74) is 3.30. The van der Waals surface area contributed by atoms with Crippen molar-refractivity contribution >= 4 is 33.3 Å². The van der Waals surface area contributed by atoms with Crippen molar-refractivity contribution in [3.8, 4) is 0 Å². The Hall–Kier alpha value is -1.29. The molecule has 0 bridgehead atoms. The zero-order chi connectivity index (χ0) is 14.6. The van der Waals surface area contributed by atoms with Crippen LogP contribution in [0.4, 0.5) is 10.5 Å². The molecule has 0 saturated carbocycles.